The fraction of sp³-hybridized carbons (Fsp3) is 0.200. The Labute approximate surface area is 205 Å². The van der Waals surface area contributed by atoms with E-state index in [0.717, 1.165) is 5.56 Å². The third-order valence-electron chi connectivity index (χ3n) is 5.43. The molecule has 0 unspecified atom stereocenters. The molecule has 1 N–H and O–H groups in total. The summed E-state index contributed by atoms with van der Waals surface area (Å²) in [5.41, 5.74) is 1.59. The summed E-state index contributed by atoms with van der Waals surface area (Å²) >= 11 is 1.50. The molecule has 0 aliphatic carbocycles. The summed E-state index contributed by atoms with van der Waals surface area (Å²) in [6.07, 6.45) is 1.57. The van der Waals surface area contributed by atoms with Gasteiger partial charge >= 0.3 is 11.9 Å². The maximum absolute atomic E-state index is 12.9. The first-order valence-electron chi connectivity index (χ1n) is 10.6. The van der Waals surface area contributed by atoms with E-state index in [1.807, 2.05) is 6.07 Å². The third kappa shape index (κ3) is 5.22. The largest absolute Gasteiger partial charge is 0.467 e. The number of benzene rings is 2. The second-order valence-corrected chi connectivity index (χ2v) is 8.65. The summed E-state index contributed by atoms with van der Waals surface area (Å²) in [4.78, 5) is 51.1. The van der Waals surface area contributed by atoms with Crippen molar-refractivity contribution < 1.29 is 33.1 Å². The average Bonchev–Trinajstić information content (AvgIpc) is 3.53. The van der Waals surface area contributed by atoms with Crippen LogP contribution in [0.1, 0.15) is 47.8 Å². The normalized spacial score (nSPS) is 15.1. The first kappa shape index (κ1) is 24.1. The number of methoxy groups -OCH3 is 2. The van der Waals surface area contributed by atoms with Gasteiger partial charge in [-0.15, -0.1) is 11.8 Å². The van der Waals surface area contributed by atoms with Crippen molar-refractivity contribution in [1.29, 1.82) is 0 Å². The van der Waals surface area contributed by atoms with Crippen LogP contribution in [0.5, 0.6) is 0 Å². The molecule has 10 heteroatoms. The molecule has 180 valence electrons. The van der Waals surface area contributed by atoms with Gasteiger partial charge in [0.25, 0.3) is 5.91 Å². The van der Waals surface area contributed by atoms with Crippen LogP contribution in [-0.4, -0.2) is 48.6 Å². The number of esters is 2. The third-order valence-corrected chi connectivity index (χ3v) is 6.68. The van der Waals surface area contributed by atoms with Gasteiger partial charge in [0, 0.05) is 5.56 Å². The summed E-state index contributed by atoms with van der Waals surface area (Å²) in [5.74, 6) is -0.682. The van der Waals surface area contributed by atoms with E-state index in [-0.39, 0.29) is 28.1 Å². The highest BCUT2D eigenvalue weighted by Crippen LogP contribution is 2.39. The summed E-state index contributed by atoms with van der Waals surface area (Å²) in [6.45, 7) is 0.360. The molecule has 2 aromatic carbocycles. The molecule has 4 rings (SSSR count). The topological polar surface area (TPSA) is 115 Å². The number of hydrogen-bond donors (Lipinski definition) is 1. The molecule has 0 radical (unpaired) electrons. The Hall–Kier alpha value is -4.05. The van der Waals surface area contributed by atoms with E-state index in [9.17, 15) is 19.2 Å². The molecule has 3 aromatic rings. The Morgan fingerprint density at radius 2 is 1.74 bits per heavy atom. The van der Waals surface area contributed by atoms with Crippen molar-refractivity contribution in [3.8, 4) is 0 Å². The van der Waals surface area contributed by atoms with Gasteiger partial charge in [-0.2, -0.15) is 0 Å². The molecule has 1 aliphatic heterocycles. The van der Waals surface area contributed by atoms with Crippen LogP contribution in [0.25, 0.3) is 0 Å². The van der Waals surface area contributed by atoms with Gasteiger partial charge in [0.05, 0.1) is 49.6 Å². The Morgan fingerprint density at radius 3 is 2.40 bits per heavy atom. The molecule has 1 fully saturated rings. The molecule has 35 heavy (non-hydrogen) atoms. The maximum Gasteiger partial charge on any atom is 0.339 e. The molecular formula is C25H22N2O7S. The predicted octanol–water partition coefficient (Wildman–Crippen LogP) is 3.88. The summed E-state index contributed by atoms with van der Waals surface area (Å²) in [7, 11) is 2.46. The fourth-order valence-corrected chi connectivity index (χ4v) is 4.83. The van der Waals surface area contributed by atoms with Crippen molar-refractivity contribution in [2.75, 3.05) is 25.3 Å². The number of carbonyl (C=O) groups excluding carboxylic acids is 4. The van der Waals surface area contributed by atoms with Gasteiger partial charge in [-0.05, 0) is 48.0 Å². The zero-order valence-electron chi connectivity index (χ0n) is 19.0. The zero-order valence-corrected chi connectivity index (χ0v) is 19.8. The fourth-order valence-electron chi connectivity index (χ4n) is 3.65. The first-order chi connectivity index (χ1) is 16.9. The summed E-state index contributed by atoms with van der Waals surface area (Å²) in [5, 5.41) is 2.46. The van der Waals surface area contributed by atoms with E-state index in [0.29, 0.717) is 23.6 Å². The molecule has 0 spiro atoms. The van der Waals surface area contributed by atoms with Crippen molar-refractivity contribution in [2.45, 2.75) is 11.9 Å². The monoisotopic (exact) mass is 494 g/mol. The van der Waals surface area contributed by atoms with Crippen LogP contribution in [-0.2, 0) is 20.8 Å². The molecule has 2 heterocycles. The molecule has 1 aliphatic rings. The number of carbonyl (C=O) groups is 4. The van der Waals surface area contributed by atoms with Gasteiger partial charge in [-0.3, -0.25) is 9.59 Å². The minimum absolute atomic E-state index is 0.0130. The summed E-state index contributed by atoms with van der Waals surface area (Å²) < 4.78 is 14.9. The lowest BCUT2D eigenvalue weighted by atomic mass is 10.1. The van der Waals surface area contributed by atoms with Gasteiger partial charge in [0.2, 0.25) is 5.91 Å². The van der Waals surface area contributed by atoms with Gasteiger partial charge in [-0.1, -0.05) is 12.1 Å². The minimum atomic E-state index is -0.661. The Kier molecular flexibility index (Phi) is 7.21. The van der Waals surface area contributed by atoms with Crippen LogP contribution < -0.4 is 5.32 Å². The van der Waals surface area contributed by atoms with E-state index in [2.05, 4.69) is 5.32 Å². The van der Waals surface area contributed by atoms with Crippen LogP contribution in [0.3, 0.4) is 0 Å². The number of anilines is 1. The molecule has 1 saturated heterocycles. The SMILES string of the molecule is COC(=O)c1ccc(C(=O)OC)c(NC(=O)c2ccc([C@@H]3SCC(=O)N3Cc3ccco3)cc2)c1. The van der Waals surface area contributed by atoms with E-state index in [4.69, 9.17) is 13.9 Å². The number of hydrogen-bond acceptors (Lipinski definition) is 8. The van der Waals surface area contributed by atoms with Gasteiger partial charge in [0.15, 0.2) is 0 Å². The van der Waals surface area contributed by atoms with Crippen molar-refractivity contribution >= 4 is 41.2 Å². The lowest BCUT2D eigenvalue weighted by Crippen LogP contribution is -2.27. The van der Waals surface area contributed by atoms with Crippen molar-refractivity contribution in [2.24, 2.45) is 0 Å². The Balaban J connectivity index is 1.53. The number of rotatable bonds is 7. The molecular weight excluding hydrogens is 472 g/mol. The smallest absolute Gasteiger partial charge is 0.339 e. The maximum atomic E-state index is 12.9. The number of furan rings is 1. The first-order valence-corrected chi connectivity index (χ1v) is 11.6. The van der Waals surface area contributed by atoms with Gasteiger partial charge in [-0.25, -0.2) is 9.59 Å². The van der Waals surface area contributed by atoms with E-state index >= 15 is 0 Å². The summed E-state index contributed by atoms with van der Waals surface area (Å²) in [6, 6.07) is 14.6. The second-order valence-electron chi connectivity index (χ2n) is 7.58. The quantitative estimate of drug-likeness (QED) is 0.492. The molecule has 2 amide bonds. The number of nitrogens with one attached hydrogen (secondary N) is 1. The highest BCUT2D eigenvalue weighted by molar-refractivity contribution is 8.00. The zero-order chi connectivity index (χ0) is 24.9. The van der Waals surface area contributed by atoms with Crippen molar-refractivity contribution in [3.05, 3.63) is 88.9 Å². The van der Waals surface area contributed by atoms with Crippen LogP contribution in [0.15, 0.2) is 65.3 Å². The van der Waals surface area contributed by atoms with E-state index in [1.165, 1.54) is 44.2 Å². The number of thioether (sulfide) groups is 1. The standard InChI is InChI=1S/C25H22N2O7S/c1-32-24(30)17-9-10-19(25(31)33-2)20(12-17)26-22(29)15-5-7-16(8-6-15)23-27(21(28)14-35-23)13-18-4-3-11-34-18/h3-12,23H,13-14H2,1-2H3,(H,26,29)/t23-/m0/s1. The van der Waals surface area contributed by atoms with E-state index in [1.54, 1.807) is 41.5 Å². The molecule has 9 nitrogen and oxygen atoms in total. The highest BCUT2D eigenvalue weighted by Gasteiger charge is 2.33. The Bertz CT molecular complexity index is 1260. The number of ether oxygens (including phenoxy) is 2. The average molecular weight is 495 g/mol. The molecule has 1 atom stereocenters. The van der Waals surface area contributed by atoms with Crippen LogP contribution in [0.2, 0.25) is 0 Å². The van der Waals surface area contributed by atoms with Crippen LogP contribution >= 0.6 is 11.8 Å². The molecule has 1 aromatic heterocycles. The van der Waals surface area contributed by atoms with E-state index < -0.39 is 17.8 Å². The second kappa shape index (κ2) is 10.5. The predicted molar refractivity (Wildman–Crippen MR) is 128 cm³/mol. The molecule has 0 saturated carbocycles. The van der Waals surface area contributed by atoms with Crippen LogP contribution in [0, 0.1) is 0 Å². The van der Waals surface area contributed by atoms with Crippen molar-refractivity contribution in [3.63, 3.8) is 0 Å². The number of nitrogens with zero attached hydrogens (tertiary/aromatic N) is 1. The molecule has 0 bridgehead atoms. The Morgan fingerprint density at radius 1 is 1.03 bits per heavy atom. The minimum Gasteiger partial charge on any atom is -0.467 e. The number of amides is 2. The highest BCUT2D eigenvalue weighted by atomic mass is 32.2. The van der Waals surface area contributed by atoms with Gasteiger partial charge < -0.3 is 24.1 Å². The van der Waals surface area contributed by atoms with Crippen molar-refractivity contribution in [1.82, 2.24) is 4.90 Å². The van der Waals surface area contributed by atoms with Gasteiger partial charge in [0.1, 0.15) is 11.1 Å². The lowest BCUT2D eigenvalue weighted by molar-refractivity contribution is -0.128. The van der Waals surface area contributed by atoms with Crippen LogP contribution in [0.4, 0.5) is 5.69 Å². The lowest BCUT2D eigenvalue weighted by Gasteiger charge is -2.23.